The Morgan fingerprint density at radius 1 is 0.914 bits per heavy atom. The maximum Gasteiger partial charge on any atom is 0.119 e. The van der Waals surface area contributed by atoms with Crippen molar-refractivity contribution in [1.82, 2.24) is 19.7 Å². The highest BCUT2D eigenvalue weighted by Crippen LogP contribution is 2.23. The molecule has 0 radical (unpaired) electrons. The summed E-state index contributed by atoms with van der Waals surface area (Å²) in [6, 6.07) is 23.1. The highest BCUT2D eigenvalue weighted by atomic mass is 16.5. The highest BCUT2D eigenvalue weighted by molar-refractivity contribution is 5.49. The Hall–Kier alpha value is -3.68. The number of hydrogen-bond donors (Lipinski definition) is 0. The fourth-order valence-electron chi connectivity index (χ4n) is 4.36. The van der Waals surface area contributed by atoms with Crippen LogP contribution in [-0.4, -0.2) is 53.1 Å². The number of pyridine rings is 1. The Morgan fingerprint density at radius 3 is 2.51 bits per heavy atom. The molecule has 0 N–H and O–H groups in total. The molecule has 2 aromatic carbocycles. The Morgan fingerprint density at radius 2 is 1.74 bits per heavy atom. The first-order valence-corrected chi connectivity index (χ1v) is 12.0. The first kappa shape index (κ1) is 23.1. The molecular weight excluding hydrogens is 438 g/mol. The summed E-state index contributed by atoms with van der Waals surface area (Å²) in [5.74, 6) is 0.869. The number of hydrogen-bond acceptors (Lipinski definition) is 6. The Kier molecular flexibility index (Phi) is 7.36. The van der Waals surface area contributed by atoms with Crippen molar-refractivity contribution in [3.05, 3.63) is 102 Å². The smallest absolute Gasteiger partial charge is 0.119 e. The summed E-state index contributed by atoms with van der Waals surface area (Å²) in [6.45, 7) is 5.84. The summed E-state index contributed by atoms with van der Waals surface area (Å²) >= 11 is 0. The van der Waals surface area contributed by atoms with Crippen LogP contribution in [0.2, 0.25) is 0 Å². The van der Waals surface area contributed by atoms with Crippen LogP contribution in [0.1, 0.15) is 16.8 Å². The second-order valence-electron chi connectivity index (χ2n) is 8.72. The molecule has 7 nitrogen and oxygen atoms in total. The topological polar surface area (TPSA) is 55.7 Å². The van der Waals surface area contributed by atoms with Crippen molar-refractivity contribution in [3.8, 4) is 11.4 Å². The summed E-state index contributed by atoms with van der Waals surface area (Å²) in [7, 11) is 1.71. The number of rotatable bonds is 9. The lowest BCUT2D eigenvalue weighted by Crippen LogP contribution is -2.35. The van der Waals surface area contributed by atoms with Crippen LogP contribution in [0, 0.1) is 0 Å². The number of nitrogens with zero attached hydrogens (tertiary/aromatic N) is 5. The summed E-state index contributed by atoms with van der Waals surface area (Å²) in [6.07, 6.45) is 5.67. The van der Waals surface area contributed by atoms with Gasteiger partial charge in [-0.3, -0.25) is 9.88 Å². The maximum atomic E-state index is 5.50. The average Bonchev–Trinajstić information content (AvgIpc) is 3.45. The van der Waals surface area contributed by atoms with Crippen molar-refractivity contribution >= 4 is 5.69 Å². The molecule has 1 saturated heterocycles. The fourth-order valence-corrected chi connectivity index (χ4v) is 4.36. The highest BCUT2D eigenvalue weighted by Gasteiger charge is 2.14. The van der Waals surface area contributed by atoms with Crippen molar-refractivity contribution < 1.29 is 9.47 Å². The molecule has 180 valence electrons. The number of aromatic nitrogens is 3. The zero-order chi connectivity index (χ0) is 23.9. The third-order valence-corrected chi connectivity index (χ3v) is 6.24. The van der Waals surface area contributed by atoms with Gasteiger partial charge in [0, 0.05) is 57.0 Å². The van der Waals surface area contributed by atoms with E-state index in [1.54, 1.807) is 13.3 Å². The first-order valence-electron chi connectivity index (χ1n) is 12.0. The molecular formula is C28H31N5O2. The zero-order valence-corrected chi connectivity index (χ0v) is 20.1. The van der Waals surface area contributed by atoms with E-state index in [1.165, 1.54) is 11.1 Å². The summed E-state index contributed by atoms with van der Waals surface area (Å²) in [5, 5.41) is 4.33. The van der Waals surface area contributed by atoms with Crippen LogP contribution in [0.15, 0.2) is 85.3 Å². The lowest BCUT2D eigenvalue weighted by atomic mass is 10.1. The molecule has 0 bridgehead atoms. The Labute approximate surface area is 206 Å². The minimum atomic E-state index is 0.763. The summed E-state index contributed by atoms with van der Waals surface area (Å²) in [4.78, 5) is 9.45. The van der Waals surface area contributed by atoms with Gasteiger partial charge < -0.3 is 14.4 Å². The van der Waals surface area contributed by atoms with E-state index in [9.17, 15) is 0 Å². The van der Waals surface area contributed by atoms with Gasteiger partial charge >= 0.3 is 0 Å². The zero-order valence-electron chi connectivity index (χ0n) is 20.1. The Bertz CT molecular complexity index is 1200. The van der Waals surface area contributed by atoms with Crippen LogP contribution in [0.5, 0.6) is 5.75 Å². The number of morpholine rings is 1. The van der Waals surface area contributed by atoms with Gasteiger partial charge in [-0.15, -0.1) is 0 Å². The molecule has 0 atom stereocenters. The molecule has 1 aliphatic heterocycles. The van der Waals surface area contributed by atoms with Gasteiger partial charge in [-0.25, -0.2) is 4.68 Å². The van der Waals surface area contributed by atoms with Crippen molar-refractivity contribution in [1.29, 1.82) is 0 Å². The number of benzene rings is 2. The normalized spacial score (nSPS) is 14.1. The van der Waals surface area contributed by atoms with Crippen molar-refractivity contribution in [3.63, 3.8) is 0 Å². The SMILES string of the molecule is COc1cccc(CN(Cc2ccc(-n3cccn3)cc2)c2ccnc(CN3CCOCC3)c2)c1. The van der Waals surface area contributed by atoms with E-state index in [2.05, 4.69) is 68.4 Å². The standard InChI is InChI=1S/C28H31N5O2/c1-34-28-5-2-4-24(18-28)21-32(20-23-6-8-26(9-7-23)33-13-3-11-30-33)27-10-12-29-25(19-27)22-31-14-16-35-17-15-31/h2-13,18-19H,14-17,20-22H2,1H3. The van der Waals surface area contributed by atoms with Gasteiger partial charge in [-0.05, 0) is 53.6 Å². The molecule has 2 aromatic heterocycles. The van der Waals surface area contributed by atoms with Crippen LogP contribution in [-0.2, 0) is 24.4 Å². The van der Waals surface area contributed by atoms with E-state index >= 15 is 0 Å². The van der Waals surface area contributed by atoms with Gasteiger partial charge in [0.2, 0.25) is 0 Å². The minimum Gasteiger partial charge on any atom is -0.497 e. The molecule has 1 aliphatic rings. The van der Waals surface area contributed by atoms with Crippen LogP contribution in [0.3, 0.4) is 0 Å². The molecule has 0 unspecified atom stereocenters. The van der Waals surface area contributed by atoms with Crippen LogP contribution >= 0.6 is 0 Å². The molecule has 0 aliphatic carbocycles. The van der Waals surface area contributed by atoms with Gasteiger partial charge in [0.1, 0.15) is 5.75 Å². The second-order valence-corrected chi connectivity index (χ2v) is 8.72. The van der Waals surface area contributed by atoms with Gasteiger partial charge in [-0.1, -0.05) is 24.3 Å². The minimum absolute atomic E-state index is 0.763. The van der Waals surface area contributed by atoms with Crippen LogP contribution < -0.4 is 9.64 Å². The van der Waals surface area contributed by atoms with Gasteiger partial charge in [0.25, 0.3) is 0 Å². The summed E-state index contributed by atoms with van der Waals surface area (Å²) < 4.78 is 12.8. The van der Waals surface area contributed by atoms with E-state index in [0.717, 1.165) is 68.8 Å². The Balaban J connectivity index is 1.39. The molecule has 7 heteroatoms. The lowest BCUT2D eigenvalue weighted by Gasteiger charge is -2.28. The number of ether oxygens (including phenoxy) is 2. The summed E-state index contributed by atoms with van der Waals surface area (Å²) in [5.41, 5.74) is 5.71. The third kappa shape index (κ3) is 6.07. The van der Waals surface area contributed by atoms with Crippen LogP contribution in [0.4, 0.5) is 5.69 Å². The molecule has 0 spiro atoms. The maximum absolute atomic E-state index is 5.50. The molecule has 35 heavy (non-hydrogen) atoms. The predicted octanol–water partition coefficient (Wildman–Crippen LogP) is 4.31. The predicted molar refractivity (Wildman–Crippen MR) is 137 cm³/mol. The monoisotopic (exact) mass is 469 g/mol. The first-order chi connectivity index (χ1) is 17.3. The molecule has 1 fully saturated rings. The molecule has 0 saturated carbocycles. The molecule has 0 amide bonds. The van der Waals surface area contributed by atoms with E-state index < -0.39 is 0 Å². The second kappa shape index (κ2) is 11.2. The van der Waals surface area contributed by atoms with Crippen molar-refractivity contribution in [2.45, 2.75) is 19.6 Å². The molecule has 4 aromatic rings. The van der Waals surface area contributed by atoms with E-state index in [4.69, 9.17) is 9.47 Å². The molecule has 5 rings (SSSR count). The van der Waals surface area contributed by atoms with Gasteiger partial charge in [0.05, 0.1) is 31.7 Å². The van der Waals surface area contributed by atoms with E-state index in [1.807, 2.05) is 35.3 Å². The van der Waals surface area contributed by atoms with Crippen molar-refractivity contribution in [2.75, 3.05) is 38.3 Å². The van der Waals surface area contributed by atoms with Gasteiger partial charge in [-0.2, -0.15) is 5.10 Å². The lowest BCUT2D eigenvalue weighted by molar-refractivity contribution is 0.0336. The average molecular weight is 470 g/mol. The van der Waals surface area contributed by atoms with Crippen molar-refractivity contribution in [2.24, 2.45) is 0 Å². The fraction of sp³-hybridized carbons (Fsp3) is 0.286. The molecule has 3 heterocycles. The van der Waals surface area contributed by atoms with E-state index in [0.29, 0.717) is 0 Å². The number of methoxy groups -OCH3 is 1. The van der Waals surface area contributed by atoms with Crippen LogP contribution in [0.25, 0.3) is 5.69 Å². The third-order valence-electron chi connectivity index (χ3n) is 6.24. The van der Waals surface area contributed by atoms with E-state index in [-0.39, 0.29) is 0 Å². The van der Waals surface area contributed by atoms with Gasteiger partial charge in [0.15, 0.2) is 0 Å². The quantitative estimate of drug-likeness (QED) is 0.364. The largest absolute Gasteiger partial charge is 0.497 e. The number of anilines is 1.